The van der Waals surface area contributed by atoms with E-state index in [4.69, 9.17) is 11.5 Å². The molecule has 1 spiro atoms. The van der Waals surface area contributed by atoms with Gasteiger partial charge in [-0.25, -0.2) is 9.38 Å². The second kappa shape index (κ2) is 5.42. The van der Waals surface area contributed by atoms with E-state index in [2.05, 4.69) is 25.9 Å². The Morgan fingerprint density at radius 3 is 2.59 bits per heavy atom. The fraction of sp³-hybridized carbons (Fsp3) is 0.429. The molecule has 0 unspecified atom stereocenters. The maximum absolute atomic E-state index is 14.4. The molecule has 0 bridgehead atoms. The van der Waals surface area contributed by atoms with E-state index in [9.17, 15) is 9.50 Å². The van der Waals surface area contributed by atoms with Gasteiger partial charge in [0.05, 0.1) is 4.47 Å². The van der Waals surface area contributed by atoms with Crippen LogP contribution < -0.4 is 16.4 Å². The van der Waals surface area contributed by atoms with Crippen LogP contribution >= 0.6 is 15.9 Å². The zero-order chi connectivity index (χ0) is 15.9. The maximum Gasteiger partial charge on any atom is 0.220 e. The van der Waals surface area contributed by atoms with Crippen LogP contribution in [0.1, 0.15) is 32.1 Å². The minimum Gasteiger partial charge on any atom is -0.505 e. The minimum absolute atomic E-state index is 0.0197. The Bertz CT molecular complexity index is 669. The van der Waals surface area contributed by atoms with E-state index in [1.807, 2.05) is 0 Å². The van der Waals surface area contributed by atoms with Crippen molar-refractivity contribution < 1.29 is 9.50 Å². The standard InChI is InChI=1S/C14H17BrFN5O/c15-8-4-5-9(16)10(11(8)22)21-13(18)19-12(17)20-14(21)6-2-1-3-7-14/h4-5,22H,1-3,6-7H2,(H4,17,18,19,20). The highest BCUT2D eigenvalue weighted by molar-refractivity contribution is 9.10. The van der Waals surface area contributed by atoms with Crippen molar-refractivity contribution in [3.8, 4) is 5.75 Å². The largest absolute Gasteiger partial charge is 0.505 e. The Hall–Kier alpha value is -1.83. The minimum atomic E-state index is -0.784. The van der Waals surface area contributed by atoms with Crippen LogP contribution in [0.3, 0.4) is 0 Å². The zero-order valence-corrected chi connectivity index (χ0v) is 13.5. The molecule has 1 aliphatic carbocycles. The summed E-state index contributed by atoms with van der Waals surface area (Å²) in [7, 11) is 0. The first-order chi connectivity index (χ1) is 10.4. The van der Waals surface area contributed by atoms with Crippen molar-refractivity contribution in [2.75, 3.05) is 4.90 Å². The number of guanidine groups is 2. The molecular weight excluding hydrogens is 353 g/mol. The lowest BCUT2D eigenvalue weighted by molar-refractivity contribution is 0.301. The van der Waals surface area contributed by atoms with Crippen molar-refractivity contribution in [2.24, 2.45) is 21.5 Å². The molecule has 3 rings (SSSR count). The Morgan fingerprint density at radius 1 is 1.23 bits per heavy atom. The van der Waals surface area contributed by atoms with Crippen LogP contribution in [-0.2, 0) is 0 Å². The molecule has 22 heavy (non-hydrogen) atoms. The molecule has 1 aromatic carbocycles. The molecule has 1 fully saturated rings. The van der Waals surface area contributed by atoms with Crippen molar-refractivity contribution in [3.05, 3.63) is 22.4 Å². The molecule has 0 radical (unpaired) electrons. The van der Waals surface area contributed by atoms with E-state index in [0.717, 1.165) is 19.3 Å². The molecule has 2 aliphatic rings. The number of anilines is 1. The first-order valence-corrected chi connectivity index (χ1v) is 7.90. The number of nitrogens with zero attached hydrogens (tertiary/aromatic N) is 3. The molecule has 1 aromatic rings. The number of phenols is 1. The third-order valence-corrected chi connectivity index (χ3v) is 4.77. The third kappa shape index (κ3) is 2.31. The molecule has 1 saturated carbocycles. The molecule has 0 atom stereocenters. The van der Waals surface area contributed by atoms with Gasteiger partial charge in [-0.1, -0.05) is 6.42 Å². The van der Waals surface area contributed by atoms with Gasteiger partial charge in [0.25, 0.3) is 0 Å². The normalized spacial score (nSPS) is 20.7. The van der Waals surface area contributed by atoms with Crippen LogP contribution in [0.4, 0.5) is 10.1 Å². The van der Waals surface area contributed by atoms with E-state index < -0.39 is 11.5 Å². The number of aliphatic imine (C=N–C) groups is 2. The number of nitrogens with two attached hydrogens (primary N) is 2. The molecule has 1 heterocycles. The summed E-state index contributed by atoms with van der Waals surface area (Å²) in [5.74, 6) is -0.675. The number of hydrogen-bond donors (Lipinski definition) is 3. The fourth-order valence-electron chi connectivity index (χ4n) is 3.19. The number of phenolic OH excluding ortho intramolecular Hbond substituents is 1. The molecular formula is C14H17BrFN5O. The summed E-state index contributed by atoms with van der Waals surface area (Å²) in [5.41, 5.74) is 11.0. The van der Waals surface area contributed by atoms with Gasteiger partial charge in [-0.15, -0.1) is 0 Å². The number of hydrogen-bond acceptors (Lipinski definition) is 6. The Labute approximate surface area is 135 Å². The fourth-order valence-corrected chi connectivity index (χ4v) is 3.51. The van der Waals surface area contributed by atoms with Gasteiger partial charge in [0, 0.05) is 0 Å². The van der Waals surface area contributed by atoms with Crippen LogP contribution in [0.2, 0.25) is 0 Å². The van der Waals surface area contributed by atoms with Crippen LogP contribution in [0.5, 0.6) is 5.75 Å². The van der Waals surface area contributed by atoms with Gasteiger partial charge >= 0.3 is 0 Å². The number of benzene rings is 1. The second-order valence-electron chi connectivity index (χ2n) is 5.54. The van der Waals surface area contributed by atoms with E-state index in [1.165, 1.54) is 17.0 Å². The summed E-state index contributed by atoms with van der Waals surface area (Å²) >= 11 is 3.21. The topological polar surface area (TPSA) is 100 Å². The molecule has 0 amide bonds. The summed E-state index contributed by atoms with van der Waals surface area (Å²) in [6, 6.07) is 2.71. The lowest BCUT2D eigenvalue weighted by atomic mass is 9.87. The molecule has 0 saturated heterocycles. The summed E-state index contributed by atoms with van der Waals surface area (Å²) in [6.07, 6.45) is 4.29. The van der Waals surface area contributed by atoms with Crippen molar-refractivity contribution >= 4 is 33.5 Å². The van der Waals surface area contributed by atoms with Gasteiger partial charge in [-0.05, 0) is 53.7 Å². The van der Waals surface area contributed by atoms with E-state index in [1.54, 1.807) is 0 Å². The zero-order valence-electron chi connectivity index (χ0n) is 11.9. The lowest BCUT2D eigenvalue weighted by Crippen LogP contribution is -2.58. The Kier molecular flexibility index (Phi) is 3.72. The number of rotatable bonds is 1. The summed E-state index contributed by atoms with van der Waals surface area (Å²) in [6.45, 7) is 0. The van der Waals surface area contributed by atoms with Crippen LogP contribution in [0.15, 0.2) is 26.6 Å². The SMILES string of the molecule is NC1=NC2(CCCCC2)N(c2c(F)ccc(Br)c2O)C(N)=N1. The molecule has 118 valence electrons. The maximum atomic E-state index is 14.4. The average molecular weight is 370 g/mol. The first-order valence-electron chi connectivity index (χ1n) is 7.11. The predicted molar refractivity (Wildman–Crippen MR) is 87.3 cm³/mol. The first kappa shape index (κ1) is 15.1. The van der Waals surface area contributed by atoms with Gasteiger partial charge in [-0.3, -0.25) is 4.90 Å². The Morgan fingerprint density at radius 2 is 1.91 bits per heavy atom. The Balaban J connectivity index is 2.19. The van der Waals surface area contributed by atoms with Crippen LogP contribution in [-0.4, -0.2) is 22.7 Å². The average Bonchev–Trinajstić information content (AvgIpc) is 2.47. The van der Waals surface area contributed by atoms with E-state index >= 15 is 0 Å². The second-order valence-corrected chi connectivity index (χ2v) is 6.40. The van der Waals surface area contributed by atoms with Gasteiger partial charge in [0.15, 0.2) is 11.6 Å². The lowest BCUT2D eigenvalue weighted by Gasteiger charge is -2.45. The van der Waals surface area contributed by atoms with Crippen molar-refractivity contribution in [2.45, 2.75) is 37.8 Å². The van der Waals surface area contributed by atoms with Crippen LogP contribution in [0.25, 0.3) is 0 Å². The number of halogens is 2. The molecule has 0 aromatic heterocycles. The molecule has 8 heteroatoms. The number of aromatic hydroxyl groups is 1. The van der Waals surface area contributed by atoms with Gasteiger partial charge in [0.1, 0.15) is 11.4 Å². The highest BCUT2D eigenvalue weighted by Gasteiger charge is 2.44. The predicted octanol–water partition coefficient (Wildman–Crippen LogP) is 2.40. The highest BCUT2D eigenvalue weighted by Crippen LogP contribution is 2.45. The smallest absolute Gasteiger partial charge is 0.220 e. The van der Waals surface area contributed by atoms with Crippen molar-refractivity contribution in [1.29, 1.82) is 0 Å². The summed E-state index contributed by atoms with van der Waals surface area (Å²) in [5, 5.41) is 10.3. The van der Waals surface area contributed by atoms with Gasteiger partial charge < -0.3 is 16.6 Å². The molecule has 1 aliphatic heterocycles. The summed E-state index contributed by atoms with van der Waals surface area (Å²) in [4.78, 5) is 9.89. The van der Waals surface area contributed by atoms with Crippen molar-refractivity contribution in [3.63, 3.8) is 0 Å². The van der Waals surface area contributed by atoms with Crippen molar-refractivity contribution in [1.82, 2.24) is 0 Å². The highest BCUT2D eigenvalue weighted by atomic mass is 79.9. The molecule has 5 N–H and O–H groups in total. The van der Waals surface area contributed by atoms with E-state index in [-0.39, 0.29) is 23.4 Å². The third-order valence-electron chi connectivity index (χ3n) is 4.13. The quantitative estimate of drug-likeness (QED) is 0.707. The van der Waals surface area contributed by atoms with Gasteiger partial charge in [-0.2, -0.15) is 4.99 Å². The monoisotopic (exact) mass is 369 g/mol. The summed E-state index contributed by atoms with van der Waals surface area (Å²) < 4.78 is 14.8. The molecule has 6 nitrogen and oxygen atoms in total. The van der Waals surface area contributed by atoms with Gasteiger partial charge in [0.2, 0.25) is 11.9 Å². The van der Waals surface area contributed by atoms with E-state index in [0.29, 0.717) is 17.3 Å². The van der Waals surface area contributed by atoms with Crippen LogP contribution in [0, 0.1) is 5.82 Å².